The zero-order valence-electron chi connectivity index (χ0n) is 10.3. The molecule has 0 fully saturated rings. The van der Waals surface area contributed by atoms with Gasteiger partial charge in [0.1, 0.15) is 6.04 Å². The Morgan fingerprint density at radius 1 is 1.26 bits per heavy atom. The summed E-state index contributed by atoms with van der Waals surface area (Å²) in [5.41, 5.74) is 2.96. The topological polar surface area (TPSA) is 35.8 Å². The van der Waals surface area contributed by atoms with E-state index in [2.05, 4.69) is 27.3 Å². The van der Waals surface area contributed by atoms with Crippen molar-refractivity contribution >= 4 is 33.2 Å². The van der Waals surface area contributed by atoms with Crippen molar-refractivity contribution in [2.24, 2.45) is 0 Å². The van der Waals surface area contributed by atoms with E-state index in [1.807, 2.05) is 43.3 Å². The molecule has 1 atom stereocenters. The van der Waals surface area contributed by atoms with Crippen molar-refractivity contribution in [3.63, 3.8) is 0 Å². The minimum Gasteiger partial charge on any atom is -0.366 e. The SMILES string of the molecule is Cc1cccc(NC(C#N)c2ccc(Cl)c(Br)c2)c1. The van der Waals surface area contributed by atoms with E-state index in [-0.39, 0.29) is 0 Å². The number of rotatable bonds is 3. The van der Waals surface area contributed by atoms with E-state index < -0.39 is 6.04 Å². The Morgan fingerprint density at radius 3 is 2.68 bits per heavy atom. The summed E-state index contributed by atoms with van der Waals surface area (Å²) in [6, 6.07) is 15.3. The molecule has 0 aliphatic rings. The third kappa shape index (κ3) is 3.50. The molecular formula is C15H12BrClN2. The highest BCUT2D eigenvalue weighted by molar-refractivity contribution is 9.10. The van der Waals surface area contributed by atoms with Gasteiger partial charge in [-0.05, 0) is 58.2 Å². The van der Waals surface area contributed by atoms with Crippen LogP contribution in [-0.4, -0.2) is 0 Å². The van der Waals surface area contributed by atoms with Crippen LogP contribution < -0.4 is 5.32 Å². The van der Waals surface area contributed by atoms with Gasteiger partial charge in [0, 0.05) is 10.2 Å². The molecule has 0 bridgehead atoms. The normalized spacial score (nSPS) is 11.7. The summed E-state index contributed by atoms with van der Waals surface area (Å²) in [6.45, 7) is 2.02. The number of nitriles is 1. The Labute approximate surface area is 126 Å². The second kappa shape index (κ2) is 6.10. The standard InChI is InChI=1S/C15H12BrClN2/c1-10-3-2-4-12(7-10)19-15(9-18)11-5-6-14(17)13(16)8-11/h2-8,15,19H,1H3. The minimum absolute atomic E-state index is 0.407. The van der Waals surface area contributed by atoms with Crippen LogP contribution in [0.3, 0.4) is 0 Å². The van der Waals surface area contributed by atoms with Crippen molar-refractivity contribution in [3.05, 3.63) is 63.1 Å². The van der Waals surface area contributed by atoms with Gasteiger partial charge in [-0.15, -0.1) is 0 Å². The zero-order valence-corrected chi connectivity index (χ0v) is 12.7. The van der Waals surface area contributed by atoms with Crippen LogP contribution in [0, 0.1) is 18.3 Å². The molecule has 0 aliphatic carbocycles. The molecule has 4 heteroatoms. The molecule has 0 saturated carbocycles. The number of anilines is 1. The van der Waals surface area contributed by atoms with E-state index in [0.29, 0.717) is 5.02 Å². The summed E-state index contributed by atoms with van der Waals surface area (Å²) >= 11 is 9.33. The van der Waals surface area contributed by atoms with Gasteiger partial charge in [0.2, 0.25) is 0 Å². The van der Waals surface area contributed by atoms with Gasteiger partial charge in [-0.1, -0.05) is 29.8 Å². The summed E-state index contributed by atoms with van der Waals surface area (Å²) < 4.78 is 0.790. The molecular weight excluding hydrogens is 324 g/mol. The fourth-order valence-corrected chi connectivity index (χ4v) is 2.30. The predicted octanol–water partition coefficient (Wildman–Crippen LogP) is 5.09. The first kappa shape index (κ1) is 13.9. The molecule has 1 N–H and O–H groups in total. The molecule has 0 saturated heterocycles. The maximum atomic E-state index is 9.31. The van der Waals surface area contributed by atoms with Crippen LogP contribution >= 0.6 is 27.5 Å². The number of aryl methyl sites for hydroxylation is 1. The fraction of sp³-hybridized carbons (Fsp3) is 0.133. The smallest absolute Gasteiger partial charge is 0.140 e. The van der Waals surface area contributed by atoms with Gasteiger partial charge in [-0.2, -0.15) is 5.26 Å². The van der Waals surface area contributed by atoms with E-state index in [0.717, 1.165) is 21.3 Å². The molecule has 96 valence electrons. The van der Waals surface area contributed by atoms with Crippen molar-refractivity contribution in [3.8, 4) is 6.07 Å². The summed E-state index contributed by atoms with van der Waals surface area (Å²) in [5.74, 6) is 0. The first-order valence-corrected chi connectivity index (χ1v) is 6.95. The van der Waals surface area contributed by atoms with Crippen LogP contribution in [-0.2, 0) is 0 Å². The first-order chi connectivity index (χ1) is 9.10. The van der Waals surface area contributed by atoms with Crippen molar-refractivity contribution in [2.75, 3.05) is 5.32 Å². The first-order valence-electron chi connectivity index (χ1n) is 5.78. The summed E-state index contributed by atoms with van der Waals surface area (Å²) in [7, 11) is 0. The van der Waals surface area contributed by atoms with Crippen LogP contribution in [0.1, 0.15) is 17.2 Å². The lowest BCUT2D eigenvalue weighted by Crippen LogP contribution is -2.08. The Kier molecular flexibility index (Phi) is 4.47. The number of halogens is 2. The Morgan fingerprint density at radius 2 is 2.05 bits per heavy atom. The average molecular weight is 336 g/mol. The van der Waals surface area contributed by atoms with E-state index >= 15 is 0 Å². The van der Waals surface area contributed by atoms with Crippen molar-refractivity contribution in [1.29, 1.82) is 5.26 Å². The summed E-state index contributed by atoms with van der Waals surface area (Å²) in [5, 5.41) is 13.2. The largest absolute Gasteiger partial charge is 0.366 e. The molecule has 2 rings (SSSR count). The zero-order chi connectivity index (χ0) is 13.8. The molecule has 0 radical (unpaired) electrons. The highest BCUT2D eigenvalue weighted by Crippen LogP contribution is 2.27. The molecule has 1 unspecified atom stereocenters. The van der Waals surface area contributed by atoms with E-state index in [9.17, 15) is 5.26 Å². The highest BCUT2D eigenvalue weighted by Gasteiger charge is 2.11. The maximum absolute atomic E-state index is 9.31. The van der Waals surface area contributed by atoms with Gasteiger partial charge in [0.15, 0.2) is 0 Å². The fourth-order valence-electron chi connectivity index (χ4n) is 1.78. The third-order valence-corrected chi connectivity index (χ3v) is 3.95. The van der Waals surface area contributed by atoms with E-state index in [4.69, 9.17) is 11.6 Å². The van der Waals surface area contributed by atoms with Gasteiger partial charge in [-0.3, -0.25) is 0 Å². The van der Waals surface area contributed by atoms with Crippen LogP contribution in [0.2, 0.25) is 5.02 Å². The quantitative estimate of drug-likeness (QED) is 0.848. The molecule has 0 aliphatic heterocycles. The van der Waals surface area contributed by atoms with Crippen LogP contribution in [0.5, 0.6) is 0 Å². The lowest BCUT2D eigenvalue weighted by Gasteiger charge is -2.14. The van der Waals surface area contributed by atoms with Crippen molar-refractivity contribution < 1.29 is 0 Å². The van der Waals surface area contributed by atoms with Crippen molar-refractivity contribution in [1.82, 2.24) is 0 Å². The second-order valence-electron chi connectivity index (χ2n) is 4.25. The Balaban J connectivity index is 2.25. The molecule has 0 amide bonds. The molecule has 0 spiro atoms. The van der Waals surface area contributed by atoms with Crippen molar-refractivity contribution in [2.45, 2.75) is 13.0 Å². The molecule has 0 aromatic heterocycles. The lowest BCUT2D eigenvalue weighted by molar-refractivity contribution is 0.995. The Bertz CT molecular complexity index is 634. The number of benzene rings is 2. The lowest BCUT2D eigenvalue weighted by atomic mass is 10.1. The number of nitrogens with one attached hydrogen (secondary N) is 1. The Hall–Kier alpha value is -1.50. The number of hydrogen-bond donors (Lipinski definition) is 1. The van der Waals surface area contributed by atoms with Gasteiger partial charge in [-0.25, -0.2) is 0 Å². The van der Waals surface area contributed by atoms with Gasteiger partial charge < -0.3 is 5.32 Å². The second-order valence-corrected chi connectivity index (χ2v) is 5.51. The van der Waals surface area contributed by atoms with Crippen LogP contribution in [0.4, 0.5) is 5.69 Å². The summed E-state index contributed by atoms with van der Waals surface area (Å²) in [4.78, 5) is 0. The average Bonchev–Trinajstić information content (AvgIpc) is 2.39. The molecule has 0 heterocycles. The monoisotopic (exact) mass is 334 g/mol. The molecule has 19 heavy (non-hydrogen) atoms. The summed E-state index contributed by atoms with van der Waals surface area (Å²) in [6.07, 6.45) is 0. The third-order valence-electron chi connectivity index (χ3n) is 2.74. The minimum atomic E-state index is -0.407. The number of nitrogens with zero attached hydrogens (tertiary/aromatic N) is 1. The molecule has 2 aromatic carbocycles. The van der Waals surface area contributed by atoms with Crippen LogP contribution in [0.15, 0.2) is 46.9 Å². The molecule has 2 aromatic rings. The van der Waals surface area contributed by atoms with E-state index in [1.165, 1.54) is 0 Å². The maximum Gasteiger partial charge on any atom is 0.140 e. The van der Waals surface area contributed by atoms with Gasteiger partial charge in [0.25, 0.3) is 0 Å². The predicted molar refractivity (Wildman–Crippen MR) is 82.3 cm³/mol. The van der Waals surface area contributed by atoms with E-state index in [1.54, 1.807) is 6.07 Å². The van der Waals surface area contributed by atoms with Crippen LogP contribution in [0.25, 0.3) is 0 Å². The molecule has 2 nitrogen and oxygen atoms in total. The number of hydrogen-bond acceptors (Lipinski definition) is 2. The highest BCUT2D eigenvalue weighted by atomic mass is 79.9. The van der Waals surface area contributed by atoms with Gasteiger partial charge >= 0.3 is 0 Å². The van der Waals surface area contributed by atoms with Gasteiger partial charge in [0.05, 0.1) is 11.1 Å².